The highest BCUT2D eigenvalue weighted by molar-refractivity contribution is 7.89. The summed E-state index contributed by atoms with van der Waals surface area (Å²) in [7, 11) is -0.715. The van der Waals surface area contributed by atoms with Crippen molar-refractivity contribution in [2.24, 2.45) is 5.16 Å². The number of ether oxygens (including phenoxy) is 2. The van der Waals surface area contributed by atoms with Crippen LogP contribution in [0.25, 0.3) is 0 Å². The Morgan fingerprint density at radius 2 is 1.83 bits per heavy atom. The molecule has 35 heavy (non-hydrogen) atoms. The first-order chi connectivity index (χ1) is 16.7. The van der Waals surface area contributed by atoms with E-state index in [9.17, 15) is 13.2 Å². The van der Waals surface area contributed by atoms with Crippen LogP contribution < -0.4 is 14.8 Å². The molecule has 0 aromatic heterocycles. The number of nitrogens with zero attached hydrogens (tertiary/aromatic N) is 2. The second kappa shape index (κ2) is 10.2. The summed E-state index contributed by atoms with van der Waals surface area (Å²) in [6, 6.07) is 9.73. The molecule has 9 nitrogen and oxygen atoms in total. The number of hydrogen-bond donors (Lipinski definition) is 1. The molecule has 2 aromatic rings. The van der Waals surface area contributed by atoms with Crippen molar-refractivity contribution in [3.8, 4) is 11.5 Å². The Labute approximate surface area is 214 Å². The lowest BCUT2D eigenvalue weighted by molar-refractivity contribution is -0.115. The van der Waals surface area contributed by atoms with Crippen LogP contribution in [0.5, 0.6) is 11.5 Å². The molecule has 1 saturated heterocycles. The molecular weight excluding hydrogens is 517 g/mol. The molecule has 1 N–H and O–H groups in total. The summed E-state index contributed by atoms with van der Waals surface area (Å²) >= 11 is 12.1. The van der Waals surface area contributed by atoms with Crippen molar-refractivity contribution in [1.82, 2.24) is 9.62 Å². The molecule has 2 aliphatic heterocycles. The van der Waals surface area contributed by atoms with Crippen LogP contribution in [0.2, 0.25) is 10.0 Å². The minimum Gasteiger partial charge on any atom is -0.493 e. The van der Waals surface area contributed by atoms with E-state index in [0.717, 1.165) is 5.56 Å². The predicted octanol–water partition coefficient (Wildman–Crippen LogP) is 3.63. The lowest BCUT2D eigenvalue weighted by Crippen LogP contribution is -2.47. The molecule has 0 atom stereocenters. The lowest BCUT2D eigenvalue weighted by atomic mass is 9.87. The monoisotopic (exact) mass is 541 g/mol. The molecule has 4 rings (SSSR count). The average molecular weight is 542 g/mol. The third-order valence-corrected chi connectivity index (χ3v) is 8.76. The van der Waals surface area contributed by atoms with Gasteiger partial charge in [0.25, 0.3) is 5.91 Å². The number of rotatable bonds is 7. The van der Waals surface area contributed by atoms with Gasteiger partial charge in [0, 0.05) is 43.9 Å². The van der Waals surface area contributed by atoms with Crippen molar-refractivity contribution in [3.05, 3.63) is 52.0 Å². The maximum Gasteiger partial charge on any atom is 0.269 e. The van der Waals surface area contributed by atoms with Crippen LogP contribution in [-0.4, -0.2) is 57.3 Å². The van der Waals surface area contributed by atoms with E-state index in [2.05, 4.69) is 10.5 Å². The first-order valence-electron chi connectivity index (χ1n) is 10.9. The Hall–Kier alpha value is -2.53. The number of oxime groups is 1. The van der Waals surface area contributed by atoms with Gasteiger partial charge in [0.15, 0.2) is 11.5 Å². The fraction of sp³-hybridized carbons (Fsp3) is 0.391. The number of benzene rings is 2. The normalized spacial score (nSPS) is 17.5. The van der Waals surface area contributed by atoms with E-state index < -0.39 is 15.6 Å². The number of carbonyl (C=O) groups is 1. The molecule has 2 aromatic carbocycles. The lowest BCUT2D eigenvalue weighted by Gasteiger charge is -2.36. The SMILES string of the molecule is COc1ccc(CNC(=O)C2=NOC3(CCN(S(=O)(=O)c4cc(Cl)ccc4Cl)CC3)C2)cc1OC. The predicted molar refractivity (Wildman–Crippen MR) is 132 cm³/mol. The highest BCUT2D eigenvalue weighted by Crippen LogP contribution is 2.37. The van der Waals surface area contributed by atoms with Crippen molar-refractivity contribution in [1.29, 1.82) is 0 Å². The summed E-state index contributed by atoms with van der Waals surface area (Å²) in [5.41, 5.74) is 0.406. The van der Waals surface area contributed by atoms with Gasteiger partial charge in [-0.15, -0.1) is 0 Å². The van der Waals surface area contributed by atoms with Gasteiger partial charge in [0.2, 0.25) is 10.0 Å². The van der Waals surface area contributed by atoms with Gasteiger partial charge in [-0.1, -0.05) is 34.4 Å². The third-order valence-electron chi connectivity index (χ3n) is 6.15. The quantitative estimate of drug-likeness (QED) is 0.573. The van der Waals surface area contributed by atoms with Gasteiger partial charge >= 0.3 is 0 Å². The van der Waals surface area contributed by atoms with Crippen molar-refractivity contribution >= 4 is 44.8 Å². The summed E-state index contributed by atoms with van der Waals surface area (Å²) in [5, 5.41) is 7.25. The maximum atomic E-state index is 13.1. The van der Waals surface area contributed by atoms with Gasteiger partial charge in [-0.25, -0.2) is 8.42 Å². The zero-order valence-electron chi connectivity index (χ0n) is 19.2. The smallest absolute Gasteiger partial charge is 0.269 e. The van der Waals surface area contributed by atoms with E-state index in [1.165, 1.54) is 22.5 Å². The molecule has 0 saturated carbocycles. The fourth-order valence-corrected chi connectivity index (χ4v) is 6.31. The van der Waals surface area contributed by atoms with Crippen LogP contribution in [0.4, 0.5) is 0 Å². The molecule has 1 fully saturated rings. The Balaban J connectivity index is 1.34. The van der Waals surface area contributed by atoms with Crippen molar-refractivity contribution in [2.75, 3.05) is 27.3 Å². The fourth-order valence-electron chi connectivity index (χ4n) is 4.13. The second-order valence-corrected chi connectivity index (χ2v) is 11.1. The van der Waals surface area contributed by atoms with E-state index in [1.807, 2.05) is 6.07 Å². The standard InChI is InChI=1S/C23H25Cl2N3O6S/c1-32-19-6-3-15(11-20(19)33-2)14-26-22(29)18-13-23(34-27-18)7-9-28(10-8-23)35(30,31)21-12-16(24)4-5-17(21)25/h3-6,11-12H,7-10,13-14H2,1-2H3,(H,26,29). The van der Waals surface area contributed by atoms with E-state index in [0.29, 0.717) is 30.8 Å². The number of amides is 1. The summed E-state index contributed by atoms with van der Waals surface area (Å²) in [4.78, 5) is 18.3. The van der Waals surface area contributed by atoms with E-state index in [1.54, 1.807) is 26.4 Å². The molecule has 0 unspecified atom stereocenters. The number of piperidine rings is 1. The number of halogens is 2. The van der Waals surface area contributed by atoms with Gasteiger partial charge in [-0.3, -0.25) is 4.79 Å². The molecule has 188 valence electrons. The zero-order chi connectivity index (χ0) is 25.2. The van der Waals surface area contributed by atoms with Gasteiger partial charge in [0.05, 0.1) is 19.2 Å². The van der Waals surface area contributed by atoms with Crippen LogP contribution in [0.15, 0.2) is 46.4 Å². The highest BCUT2D eigenvalue weighted by atomic mass is 35.5. The minimum atomic E-state index is -3.82. The molecule has 2 heterocycles. The molecule has 2 aliphatic rings. The molecule has 0 aliphatic carbocycles. The van der Waals surface area contributed by atoms with Gasteiger partial charge in [0.1, 0.15) is 16.2 Å². The number of hydrogen-bond acceptors (Lipinski definition) is 7. The first-order valence-corrected chi connectivity index (χ1v) is 13.1. The van der Waals surface area contributed by atoms with E-state index in [-0.39, 0.29) is 46.2 Å². The summed E-state index contributed by atoms with van der Waals surface area (Å²) in [6.45, 7) is 0.695. The van der Waals surface area contributed by atoms with E-state index >= 15 is 0 Å². The number of carbonyl (C=O) groups excluding carboxylic acids is 1. The Morgan fingerprint density at radius 3 is 2.51 bits per heavy atom. The Bertz CT molecular complexity index is 1260. The molecule has 0 bridgehead atoms. The average Bonchev–Trinajstić information content (AvgIpc) is 3.27. The van der Waals surface area contributed by atoms with Crippen molar-refractivity contribution < 1.29 is 27.5 Å². The number of methoxy groups -OCH3 is 2. The molecule has 1 spiro atoms. The van der Waals surface area contributed by atoms with Crippen LogP contribution >= 0.6 is 23.2 Å². The largest absolute Gasteiger partial charge is 0.493 e. The molecular formula is C23H25Cl2N3O6S. The number of sulfonamides is 1. The summed E-state index contributed by atoms with van der Waals surface area (Å²) in [5.74, 6) is 0.835. The highest BCUT2D eigenvalue weighted by Gasteiger charge is 2.46. The molecule has 1 amide bonds. The topological polar surface area (TPSA) is 107 Å². The zero-order valence-corrected chi connectivity index (χ0v) is 21.5. The van der Waals surface area contributed by atoms with Crippen molar-refractivity contribution in [2.45, 2.75) is 36.3 Å². The van der Waals surface area contributed by atoms with Gasteiger partial charge < -0.3 is 19.6 Å². The van der Waals surface area contributed by atoms with Crippen LogP contribution in [-0.2, 0) is 26.2 Å². The summed E-state index contributed by atoms with van der Waals surface area (Å²) < 4.78 is 38.0. The molecule has 0 radical (unpaired) electrons. The van der Waals surface area contributed by atoms with Crippen LogP contribution in [0, 0.1) is 0 Å². The third kappa shape index (κ3) is 5.35. The summed E-state index contributed by atoms with van der Waals surface area (Å²) in [6.07, 6.45) is 1.08. The number of nitrogens with one attached hydrogen (secondary N) is 1. The van der Waals surface area contributed by atoms with E-state index in [4.69, 9.17) is 37.5 Å². The van der Waals surface area contributed by atoms with Crippen molar-refractivity contribution in [3.63, 3.8) is 0 Å². The maximum absolute atomic E-state index is 13.1. The van der Waals surface area contributed by atoms with Gasteiger partial charge in [-0.05, 0) is 35.9 Å². The second-order valence-electron chi connectivity index (χ2n) is 8.34. The first kappa shape index (κ1) is 25.6. The Kier molecular flexibility index (Phi) is 7.46. The Morgan fingerprint density at radius 1 is 1.11 bits per heavy atom. The minimum absolute atomic E-state index is 0.0264. The molecule has 12 heteroatoms. The van der Waals surface area contributed by atoms with Crippen LogP contribution in [0.3, 0.4) is 0 Å². The van der Waals surface area contributed by atoms with Gasteiger partial charge in [-0.2, -0.15) is 4.31 Å². The van der Waals surface area contributed by atoms with Crippen LogP contribution in [0.1, 0.15) is 24.8 Å².